The topological polar surface area (TPSA) is 128 Å². The number of carbonyl (C=O) groups excluding carboxylic acids is 1. The zero-order chi connectivity index (χ0) is 22.3. The lowest BCUT2D eigenvalue weighted by molar-refractivity contribution is 0.103. The Balaban J connectivity index is 1.43. The molecule has 0 unspecified atom stereocenters. The van der Waals surface area contributed by atoms with Gasteiger partial charge in [0.05, 0.1) is 16.9 Å². The maximum Gasteiger partial charge on any atom is 0.267 e. The summed E-state index contributed by atoms with van der Waals surface area (Å²) >= 11 is 1.37. The van der Waals surface area contributed by atoms with Crippen molar-refractivity contribution in [2.24, 2.45) is 10.7 Å². The number of nitrogens with one attached hydrogen (secondary N) is 3. The summed E-state index contributed by atoms with van der Waals surface area (Å²) in [4.78, 5) is 21.8. The summed E-state index contributed by atoms with van der Waals surface area (Å²) in [6.45, 7) is 0.574. The summed E-state index contributed by atoms with van der Waals surface area (Å²) in [6.07, 6.45) is 3.49. The summed E-state index contributed by atoms with van der Waals surface area (Å²) in [6, 6.07) is 18.7. The lowest BCUT2D eigenvalue weighted by atomic mass is 10.1. The molecule has 0 atom stereocenters. The first kappa shape index (κ1) is 20.8. The van der Waals surface area contributed by atoms with Crippen LogP contribution in [0.1, 0.15) is 15.2 Å². The lowest BCUT2D eigenvalue weighted by Crippen LogP contribution is -2.26. The van der Waals surface area contributed by atoms with Gasteiger partial charge < -0.3 is 16.4 Å². The fourth-order valence-electron chi connectivity index (χ4n) is 3.16. The van der Waals surface area contributed by atoms with E-state index in [9.17, 15) is 4.79 Å². The van der Waals surface area contributed by atoms with Gasteiger partial charge in [-0.1, -0.05) is 18.2 Å². The average molecular weight is 442 g/mol. The molecule has 0 aliphatic rings. The Morgan fingerprint density at radius 2 is 1.94 bits per heavy atom. The highest BCUT2D eigenvalue weighted by Gasteiger charge is 2.14. The highest BCUT2D eigenvalue weighted by atomic mass is 32.1. The molecular weight excluding hydrogens is 422 g/mol. The molecule has 8 nitrogen and oxygen atoms in total. The largest absolute Gasteiger partial charge is 0.380 e. The fraction of sp³-hybridized carbons (Fsp3) is 0.0435. The number of nitrogens with two attached hydrogens (primary N) is 1. The number of benzene rings is 2. The normalized spacial score (nSPS) is 11.0. The van der Waals surface area contributed by atoms with Gasteiger partial charge in [-0.2, -0.15) is 5.26 Å². The number of rotatable bonds is 6. The Labute approximate surface area is 188 Å². The molecule has 0 saturated heterocycles. The molecule has 2 aromatic carbocycles. The van der Waals surface area contributed by atoms with Crippen molar-refractivity contribution in [1.29, 1.82) is 5.26 Å². The molecule has 4 rings (SSSR count). The monoisotopic (exact) mass is 441 g/mol. The molecule has 5 N–H and O–H groups in total. The number of aliphatic imine (C=N–C) groups is 1. The summed E-state index contributed by atoms with van der Waals surface area (Å²) in [7, 11) is 0. The number of nitriles is 1. The van der Waals surface area contributed by atoms with Crippen LogP contribution in [0.4, 0.5) is 17.1 Å². The predicted molar refractivity (Wildman–Crippen MR) is 128 cm³/mol. The van der Waals surface area contributed by atoms with E-state index in [2.05, 4.69) is 25.9 Å². The van der Waals surface area contributed by atoms with Crippen molar-refractivity contribution >= 4 is 51.2 Å². The Morgan fingerprint density at radius 1 is 1.12 bits per heavy atom. The van der Waals surface area contributed by atoms with Crippen LogP contribution in [0.3, 0.4) is 0 Å². The lowest BCUT2D eigenvalue weighted by Gasteiger charge is -2.10. The number of guanidine groups is 1. The maximum absolute atomic E-state index is 12.8. The van der Waals surface area contributed by atoms with E-state index in [0.29, 0.717) is 22.8 Å². The van der Waals surface area contributed by atoms with Crippen LogP contribution >= 0.6 is 11.3 Å². The minimum atomic E-state index is -0.205. The van der Waals surface area contributed by atoms with Crippen molar-refractivity contribution in [1.82, 2.24) is 10.3 Å². The summed E-state index contributed by atoms with van der Waals surface area (Å²) in [5.41, 5.74) is 9.55. The van der Waals surface area contributed by atoms with Crippen molar-refractivity contribution in [3.05, 3.63) is 82.7 Å². The molecular formula is C23H19N7OS. The quantitative estimate of drug-likeness (QED) is 0.154. The van der Waals surface area contributed by atoms with E-state index in [1.807, 2.05) is 41.8 Å². The van der Waals surface area contributed by atoms with E-state index < -0.39 is 0 Å². The summed E-state index contributed by atoms with van der Waals surface area (Å²) < 4.78 is 0. The van der Waals surface area contributed by atoms with Gasteiger partial charge in [0, 0.05) is 23.8 Å². The number of carbonyl (C=O) groups is 1. The van der Waals surface area contributed by atoms with Crippen molar-refractivity contribution in [3.63, 3.8) is 0 Å². The fourth-order valence-corrected chi connectivity index (χ4v) is 3.92. The van der Waals surface area contributed by atoms with E-state index in [1.54, 1.807) is 36.7 Å². The Bertz CT molecular complexity index is 1320. The van der Waals surface area contributed by atoms with E-state index in [0.717, 1.165) is 22.2 Å². The van der Waals surface area contributed by atoms with E-state index in [-0.39, 0.29) is 11.9 Å². The number of para-hydroxylation sites is 1. The number of anilines is 2. The molecule has 0 radical (unpaired) electrons. The Morgan fingerprint density at radius 3 is 2.75 bits per heavy atom. The first-order chi connectivity index (χ1) is 15.6. The van der Waals surface area contributed by atoms with Crippen LogP contribution in [0, 0.1) is 11.5 Å². The SMILES string of the molecule is N#CNC(N)=Nc1ccc(NC(=O)c2sccc2NCc2ccnc3ccccc23)cc1. The molecule has 0 fully saturated rings. The third-order valence-corrected chi connectivity index (χ3v) is 5.55. The number of hydrogen-bond acceptors (Lipinski definition) is 6. The van der Waals surface area contributed by atoms with Gasteiger partial charge in [-0.05, 0) is 53.4 Å². The van der Waals surface area contributed by atoms with Gasteiger partial charge in [0.1, 0.15) is 4.88 Å². The van der Waals surface area contributed by atoms with Crippen LogP contribution < -0.4 is 21.7 Å². The first-order valence-electron chi connectivity index (χ1n) is 9.69. The van der Waals surface area contributed by atoms with Crippen molar-refractivity contribution in [2.45, 2.75) is 6.54 Å². The van der Waals surface area contributed by atoms with E-state index in [4.69, 9.17) is 11.0 Å². The first-order valence-corrected chi connectivity index (χ1v) is 10.6. The van der Waals surface area contributed by atoms with Crippen LogP contribution in [-0.4, -0.2) is 16.9 Å². The van der Waals surface area contributed by atoms with Gasteiger partial charge in [0.15, 0.2) is 6.19 Å². The number of hydrogen-bond donors (Lipinski definition) is 4. The van der Waals surface area contributed by atoms with E-state index in [1.165, 1.54) is 11.3 Å². The van der Waals surface area contributed by atoms with Crippen LogP contribution in [0.2, 0.25) is 0 Å². The van der Waals surface area contributed by atoms with Crippen LogP contribution in [0.25, 0.3) is 10.9 Å². The highest BCUT2D eigenvalue weighted by molar-refractivity contribution is 7.12. The molecule has 0 bridgehead atoms. The van der Waals surface area contributed by atoms with Gasteiger partial charge in [-0.3, -0.25) is 15.1 Å². The number of thiophene rings is 1. The number of amides is 1. The molecule has 2 heterocycles. The molecule has 2 aromatic heterocycles. The molecule has 0 saturated carbocycles. The van der Waals surface area contributed by atoms with E-state index >= 15 is 0 Å². The third-order valence-electron chi connectivity index (χ3n) is 4.64. The van der Waals surface area contributed by atoms with Crippen LogP contribution in [-0.2, 0) is 6.54 Å². The second-order valence-corrected chi connectivity index (χ2v) is 7.66. The number of nitrogens with zero attached hydrogens (tertiary/aromatic N) is 3. The van der Waals surface area contributed by atoms with Crippen molar-refractivity contribution in [3.8, 4) is 6.19 Å². The maximum atomic E-state index is 12.8. The molecule has 0 aliphatic heterocycles. The van der Waals surface area contributed by atoms with Crippen LogP contribution in [0.15, 0.2) is 77.2 Å². The van der Waals surface area contributed by atoms with Gasteiger partial charge in [-0.15, -0.1) is 11.3 Å². The Kier molecular flexibility index (Phi) is 6.25. The molecule has 0 aliphatic carbocycles. The zero-order valence-corrected chi connectivity index (χ0v) is 17.7. The van der Waals surface area contributed by atoms with Crippen molar-refractivity contribution < 1.29 is 4.79 Å². The summed E-state index contributed by atoms with van der Waals surface area (Å²) in [5.74, 6) is -0.204. The summed E-state index contributed by atoms with van der Waals surface area (Å²) in [5, 5.41) is 20.0. The number of pyridine rings is 1. The zero-order valence-electron chi connectivity index (χ0n) is 16.9. The average Bonchev–Trinajstić information content (AvgIpc) is 3.28. The van der Waals surface area contributed by atoms with Gasteiger partial charge in [-0.25, -0.2) is 4.99 Å². The molecule has 4 aromatic rings. The van der Waals surface area contributed by atoms with Crippen molar-refractivity contribution in [2.75, 3.05) is 10.6 Å². The standard InChI is InChI=1S/C23H19N7OS/c24-14-28-23(25)30-17-7-5-16(6-8-17)29-22(31)21-20(10-12-32-21)27-13-15-9-11-26-19-4-2-1-3-18(15)19/h1-12,27H,13H2,(H,29,31)(H3,25,28,30). The molecule has 0 spiro atoms. The minimum Gasteiger partial charge on any atom is -0.380 e. The molecule has 1 amide bonds. The second kappa shape index (κ2) is 9.59. The smallest absolute Gasteiger partial charge is 0.267 e. The second-order valence-electron chi connectivity index (χ2n) is 6.74. The third kappa shape index (κ3) is 4.83. The predicted octanol–water partition coefficient (Wildman–Crippen LogP) is 4.18. The Hall–Kier alpha value is -4.42. The molecule has 158 valence electrons. The molecule has 9 heteroatoms. The van der Waals surface area contributed by atoms with Gasteiger partial charge in [0.25, 0.3) is 5.91 Å². The number of aromatic nitrogens is 1. The number of fused-ring (bicyclic) bond motifs is 1. The van der Waals surface area contributed by atoms with Gasteiger partial charge >= 0.3 is 0 Å². The highest BCUT2D eigenvalue weighted by Crippen LogP contribution is 2.26. The minimum absolute atomic E-state index is 0.000521. The van der Waals surface area contributed by atoms with Gasteiger partial charge in [0.2, 0.25) is 5.96 Å². The molecule has 32 heavy (non-hydrogen) atoms. The van der Waals surface area contributed by atoms with Crippen LogP contribution in [0.5, 0.6) is 0 Å².